The van der Waals surface area contributed by atoms with E-state index in [9.17, 15) is 36.0 Å². The van der Waals surface area contributed by atoms with Gasteiger partial charge < -0.3 is 14.4 Å². The van der Waals surface area contributed by atoms with Crippen molar-refractivity contribution in [3.05, 3.63) is 35.9 Å². The van der Waals surface area contributed by atoms with Crippen LogP contribution in [0.3, 0.4) is 0 Å². The number of hydrogen-bond donors (Lipinski definition) is 0. The number of benzene rings is 1. The van der Waals surface area contributed by atoms with Gasteiger partial charge in [-0.15, -0.1) is 0 Å². The van der Waals surface area contributed by atoms with Crippen LogP contribution in [-0.4, -0.2) is 78.9 Å². The Morgan fingerprint density at radius 3 is 2.24 bits per heavy atom. The minimum absolute atomic E-state index is 0.0101. The Morgan fingerprint density at radius 1 is 1.11 bits per heavy atom. The molecule has 2 rings (SSSR count). The maximum atomic E-state index is 15.2. The lowest BCUT2D eigenvalue weighted by atomic mass is 10.0. The molecule has 1 aromatic rings. The van der Waals surface area contributed by atoms with Gasteiger partial charge in [0.15, 0.2) is 0 Å². The van der Waals surface area contributed by atoms with Gasteiger partial charge >= 0.3 is 27.5 Å². The van der Waals surface area contributed by atoms with Crippen molar-refractivity contribution in [2.75, 3.05) is 19.8 Å². The van der Waals surface area contributed by atoms with Gasteiger partial charge in [-0.1, -0.05) is 30.3 Å². The second-order valence-corrected chi connectivity index (χ2v) is 10.1. The van der Waals surface area contributed by atoms with Crippen LogP contribution < -0.4 is 0 Å². The number of hydrogen-bond acceptors (Lipinski definition) is 7. The molecule has 0 aliphatic carbocycles. The van der Waals surface area contributed by atoms with Crippen molar-refractivity contribution in [3.8, 4) is 0 Å². The minimum Gasteiger partial charge on any atom is -0.465 e. The van der Waals surface area contributed by atoms with Crippen molar-refractivity contribution >= 4 is 27.9 Å². The average molecular weight is 555 g/mol. The van der Waals surface area contributed by atoms with E-state index in [0.717, 1.165) is 11.8 Å². The number of amides is 1. The summed E-state index contributed by atoms with van der Waals surface area (Å²) in [5.74, 6) is -3.40. The summed E-state index contributed by atoms with van der Waals surface area (Å²) in [7, 11) is -6.35. The van der Waals surface area contributed by atoms with Crippen LogP contribution in [0.4, 0.5) is 17.6 Å². The van der Waals surface area contributed by atoms with Gasteiger partial charge in [0.05, 0.1) is 13.2 Å². The van der Waals surface area contributed by atoms with Crippen molar-refractivity contribution < 1.29 is 49.8 Å². The summed E-state index contributed by atoms with van der Waals surface area (Å²) >= 11 is 0. The molecule has 1 heterocycles. The highest BCUT2D eigenvalue weighted by molar-refractivity contribution is 7.90. The molecule has 37 heavy (non-hydrogen) atoms. The number of esters is 2. The summed E-state index contributed by atoms with van der Waals surface area (Å²) in [5, 5.41) is 0. The summed E-state index contributed by atoms with van der Waals surface area (Å²) < 4.78 is 91.3. The van der Waals surface area contributed by atoms with Gasteiger partial charge in [0.25, 0.3) is 0 Å². The standard InChI is InChI=1S/C23H30F4N2O7S/c1-4-35-21(31)18-12-9-13-28(18)20(30)15(3)29(37(33,34)23(25,26)27)19(22(32)36-5-2)14-17(24)16-10-7-6-8-11-16/h6-8,10-11,15,17-19H,4-5,9,12-14H2,1-3H3/t15-,17?,18-,19-/m0/s1. The van der Waals surface area contributed by atoms with Gasteiger partial charge in [0.1, 0.15) is 24.3 Å². The fraction of sp³-hybridized carbons (Fsp3) is 0.609. The highest BCUT2D eigenvalue weighted by Crippen LogP contribution is 2.35. The Labute approximate surface area is 212 Å². The molecule has 14 heteroatoms. The Morgan fingerprint density at radius 2 is 1.70 bits per heavy atom. The lowest BCUT2D eigenvalue weighted by molar-refractivity contribution is -0.156. The monoisotopic (exact) mass is 554 g/mol. The Bertz CT molecular complexity index is 1050. The van der Waals surface area contributed by atoms with Crippen LogP contribution in [0.15, 0.2) is 30.3 Å². The maximum absolute atomic E-state index is 15.2. The number of alkyl halides is 4. The fourth-order valence-electron chi connectivity index (χ4n) is 4.16. The molecule has 0 saturated carbocycles. The lowest BCUT2D eigenvalue weighted by Gasteiger charge is -2.36. The van der Waals surface area contributed by atoms with Crippen LogP contribution in [0.25, 0.3) is 0 Å². The minimum atomic E-state index is -6.35. The predicted octanol–water partition coefficient (Wildman–Crippen LogP) is 3.11. The van der Waals surface area contributed by atoms with E-state index < -0.39 is 64.1 Å². The Hall–Kier alpha value is -2.74. The Kier molecular flexibility index (Phi) is 10.4. The van der Waals surface area contributed by atoms with Gasteiger partial charge in [-0.3, -0.25) is 9.59 Å². The normalized spacial score (nSPS) is 18.8. The van der Waals surface area contributed by atoms with E-state index in [1.54, 1.807) is 6.07 Å². The third kappa shape index (κ3) is 6.98. The molecule has 0 radical (unpaired) electrons. The highest BCUT2D eigenvalue weighted by atomic mass is 32.2. The fourth-order valence-corrected chi connectivity index (χ4v) is 5.42. The molecule has 1 fully saturated rings. The second-order valence-electron chi connectivity index (χ2n) is 8.28. The molecule has 0 spiro atoms. The largest absolute Gasteiger partial charge is 0.511 e. The number of likely N-dealkylation sites (tertiary alicyclic amines) is 1. The van der Waals surface area contributed by atoms with E-state index >= 15 is 4.39 Å². The molecule has 0 aromatic heterocycles. The molecule has 1 unspecified atom stereocenters. The number of carbonyl (C=O) groups is 3. The molecule has 0 bridgehead atoms. The topological polar surface area (TPSA) is 110 Å². The Balaban J connectivity index is 2.55. The zero-order valence-corrected chi connectivity index (χ0v) is 21.4. The van der Waals surface area contributed by atoms with Crippen molar-refractivity contribution in [2.24, 2.45) is 0 Å². The summed E-state index contributed by atoms with van der Waals surface area (Å²) in [6, 6.07) is 1.53. The first-order chi connectivity index (χ1) is 17.3. The number of ether oxygens (including phenoxy) is 2. The van der Waals surface area contributed by atoms with Crippen LogP contribution in [0.5, 0.6) is 0 Å². The number of carbonyl (C=O) groups excluding carboxylic acids is 3. The van der Waals surface area contributed by atoms with Crippen LogP contribution in [0, 0.1) is 0 Å². The average Bonchev–Trinajstić information content (AvgIpc) is 3.33. The summed E-state index contributed by atoms with van der Waals surface area (Å²) in [5.41, 5.74) is -5.93. The molecule has 4 atom stereocenters. The van der Waals surface area contributed by atoms with Crippen molar-refractivity contribution in [3.63, 3.8) is 0 Å². The molecule has 1 saturated heterocycles. The zero-order chi connectivity index (χ0) is 28.0. The number of nitrogens with zero attached hydrogens (tertiary/aromatic N) is 2. The van der Waals surface area contributed by atoms with Crippen LogP contribution in [0.1, 0.15) is 51.8 Å². The summed E-state index contributed by atoms with van der Waals surface area (Å²) in [4.78, 5) is 39.3. The molecular formula is C23H30F4N2O7S. The summed E-state index contributed by atoms with van der Waals surface area (Å²) in [6.45, 7) is 3.33. The van der Waals surface area contributed by atoms with E-state index in [4.69, 9.17) is 9.47 Å². The van der Waals surface area contributed by atoms with Crippen molar-refractivity contribution in [2.45, 2.75) is 69.8 Å². The first kappa shape index (κ1) is 30.5. The molecule has 9 nitrogen and oxygen atoms in total. The molecule has 1 amide bonds. The van der Waals surface area contributed by atoms with E-state index in [1.807, 2.05) is 0 Å². The van der Waals surface area contributed by atoms with Gasteiger partial charge in [0.2, 0.25) is 5.91 Å². The quantitative estimate of drug-likeness (QED) is 0.305. The number of halogens is 4. The zero-order valence-electron chi connectivity index (χ0n) is 20.6. The molecule has 0 N–H and O–H groups in total. The lowest BCUT2D eigenvalue weighted by Crippen LogP contribution is -2.59. The summed E-state index contributed by atoms with van der Waals surface area (Å²) in [6.07, 6.45) is -2.64. The smallest absolute Gasteiger partial charge is 0.465 e. The first-order valence-electron chi connectivity index (χ1n) is 11.7. The molecule has 208 valence electrons. The van der Waals surface area contributed by atoms with Crippen LogP contribution in [-0.2, 0) is 33.9 Å². The highest BCUT2D eigenvalue weighted by Gasteiger charge is 2.57. The third-order valence-corrected chi connectivity index (χ3v) is 7.57. The van der Waals surface area contributed by atoms with E-state index in [0.29, 0.717) is 6.42 Å². The number of sulfonamides is 1. The van der Waals surface area contributed by atoms with Gasteiger partial charge in [-0.2, -0.15) is 17.5 Å². The SMILES string of the molecule is CCOC(=O)[C@@H]1CCCN1C(=O)[C@H](C)N([C@@H](CC(F)c1ccccc1)C(=O)OCC)S(=O)(=O)C(F)(F)F. The third-order valence-electron chi connectivity index (χ3n) is 5.86. The van der Waals surface area contributed by atoms with E-state index in [1.165, 1.54) is 38.1 Å². The van der Waals surface area contributed by atoms with Crippen molar-refractivity contribution in [1.29, 1.82) is 0 Å². The maximum Gasteiger partial charge on any atom is 0.511 e. The molecular weight excluding hydrogens is 524 g/mol. The predicted molar refractivity (Wildman–Crippen MR) is 123 cm³/mol. The van der Waals surface area contributed by atoms with E-state index in [-0.39, 0.29) is 36.0 Å². The second kappa shape index (κ2) is 12.7. The van der Waals surface area contributed by atoms with Crippen molar-refractivity contribution in [1.82, 2.24) is 9.21 Å². The van der Waals surface area contributed by atoms with Gasteiger partial charge in [-0.05, 0) is 39.2 Å². The molecule has 1 aliphatic heterocycles. The van der Waals surface area contributed by atoms with Crippen LogP contribution >= 0.6 is 0 Å². The van der Waals surface area contributed by atoms with Gasteiger partial charge in [-0.25, -0.2) is 17.6 Å². The molecule has 1 aromatic carbocycles. The van der Waals surface area contributed by atoms with Crippen LogP contribution in [0.2, 0.25) is 0 Å². The number of rotatable bonds is 11. The van der Waals surface area contributed by atoms with E-state index in [2.05, 4.69) is 0 Å². The molecule has 1 aliphatic rings. The van der Waals surface area contributed by atoms with Gasteiger partial charge in [0, 0.05) is 13.0 Å². The first-order valence-corrected chi connectivity index (χ1v) is 13.1.